The highest BCUT2D eigenvalue weighted by Gasteiger charge is 2.18. The number of hydrogen-bond donors (Lipinski definition) is 3. The Balaban J connectivity index is 3.38. The van der Waals surface area contributed by atoms with Gasteiger partial charge >= 0.3 is 5.97 Å². The molecule has 0 aliphatic heterocycles. The summed E-state index contributed by atoms with van der Waals surface area (Å²) >= 11 is 0. The number of carbonyl (C=O) groups excluding carboxylic acids is 2. The zero-order valence-corrected chi connectivity index (χ0v) is 54.8. The van der Waals surface area contributed by atoms with Crippen molar-refractivity contribution in [3.63, 3.8) is 0 Å². The lowest BCUT2D eigenvalue weighted by Crippen LogP contribution is -2.45. The monoisotopic (exact) mass is 1140 g/mol. The van der Waals surface area contributed by atoms with E-state index in [9.17, 15) is 19.8 Å². The van der Waals surface area contributed by atoms with E-state index in [2.05, 4.69) is 43.5 Å². The number of ether oxygens (including phenoxy) is 1. The summed E-state index contributed by atoms with van der Waals surface area (Å²) in [6.45, 7) is 4.93. The molecule has 2 atom stereocenters. The minimum absolute atomic E-state index is 0.00993. The van der Waals surface area contributed by atoms with Crippen LogP contribution in [0.2, 0.25) is 0 Å². The summed E-state index contributed by atoms with van der Waals surface area (Å²) in [6.07, 6.45) is 90.9. The average molecular weight is 1140 g/mol. The van der Waals surface area contributed by atoms with Crippen molar-refractivity contribution in [1.82, 2.24) is 5.32 Å². The first-order chi connectivity index (χ1) is 40.0. The Morgan fingerprint density at radius 1 is 0.333 bits per heavy atom. The fraction of sp³-hybridized carbons (Fsp3) is 0.893. The summed E-state index contributed by atoms with van der Waals surface area (Å²) < 4.78 is 5.50. The molecule has 0 rings (SSSR count). The maximum absolute atomic E-state index is 12.5. The number of nitrogens with one attached hydrogen (secondary N) is 1. The van der Waals surface area contributed by atoms with Gasteiger partial charge in [-0.3, -0.25) is 9.59 Å². The Hall–Kier alpha value is -1.92. The van der Waals surface area contributed by atoms with Gasteiger partial charge in [-0.1, -0.05) is 346 Å². The summed E-state index contributed by atoms with van der Waals surface area (Å²) in [5.41, 5.74) is 0. The summed E-state index contributed by atoms with van der Waals surface area (Å²) in [7, 11) is 0. The third-order valence-electron chi connectivity index (χ3n) is 17.1. The number of esters is 1. The Labute approximate surface area is 506 Å². The normalized spacial score (nSPS) is 12.7. The van der Waals surface area contributed by atoms with Crippen LogP contribution < -0.4 is 5.32 Å². The van der Waals surface area contributed by atoms with Gasteiger partial charge in [-0.15, -0.1) is 0 Å². The zero-order chi connectivity index (χ0) is 58.5. The summed E-state index contributed by atoms with van der Waals surface area (Å²) in [5, 5.41) is 23.2. The van der Waals surface area contributed by atoms with E-state index in [0.29, 0.717) is 19.4 Å². The van der Waals surface area contributed by atoms with Crippen molar-refractivity contribution in [2.45, 2.75) is 418 Å². The van der Waals surface area contributed by atoms with Gasteiger partial charge in [0.25, 0.3) is 0 Å². The fourth-order valence-corrected chi connectivity index (χ4v) is 11.5. The topological polar surface area (TPSA) is 95.9 Å². The number of aliphatic hydroxyl groups excluding tert-OH is 2. The van der Waals surface area contributed by atoms with Gasteiger partial charge in [0.15, 0.2) is 0 Å². The molecule has 0 bridgehead atoms. The van der Waals surface area contributed by atoms with Crippen LogP contribution in [-0.4, -0.2) is 47.4 Å². The Bertz CT molecular complexity index is 1310. The van der Waals surface area contributed by atoms with Crippen molar-refractivity contribution in [2.75, 3.05) is 13.2 Å². The van der Waals surface area contributed by atoms with E-state index in [4.69, 9.17) is 4.74 Å². The second kappa shape index (κ2) is 70.6. The predicted octanol–water partition coefficient (Wildman–Crippen LogP) is 23.9. The number of allylic oxidation sites excluding steroid dienone is 5. The molecule has 0 aromatic carbocycles. The maximum Gasteiger partial charge on any atom is 0.305 e. The summed E-state index contributed by atoms with van der Waals surface area (Å²) in [4.78, 5) is 24.6. The number of aliphatic hydroxyl groups is 2. The molecule has 81 heavy (non-hydrogen) atoms. The van der Waals surface area contributed by atoms with Gasteiger partial charge in [0.2, 0.25) is 5.91 Å². The molecule has 2 unspecified atom stereocenters. The third-order valence-corrected chi connectivity index (χ3v) is 17.1. The zero-order valence-electron chi connectivity index (χ0n) is 54.8. The van der Waals surface area contributed by atoms with Gasteiger partial charge in [-0.25, -0.2) is 0 Å². The number of amides is 1. The van der Waals surface area contributed by atoms with Crippen LogP contribution in [-0.2, 0) is 14.3 Å². The van der Waals surface area contributed by atoms with E-state index in [1.54, 1.807) is 6.08 Å². The molecule has 0 aromatic heterocycles. The van der Waals surface area contributed by atoms with Crippen molar-refractivity contribution >= 4 is 11.9 Å². The second-order valence-electron chi connectivity index (χ2n) is 25.3. The van der Waals surface area contributed by atoms with Crippen LogP contribution in [0.3, 0.4) is 0 Å². The fourth-order valence-electron chi connectivity index (χ4n) is 11.5. The molecule has 0 saturated heterocycles. The van der Waals surface area contributed by atoms with Crippen LogP contribution in [0.5, 0.6) is 0 Å². The molecule has 0 aliphatic carbocycles. The quantitative estimate of drug-likeness (QED) is 0.0320. The highest BCUT2D eigenvalue weighted by atomic mass is 16.5. The van der Waals surface area contributed by atoms with Crippen LogP contribution in [0.4, 0.5) is 0 Å². The lowest BCUT2D eigenvalue weighted by Gasteiger charge is -2.20. The minimum atomic E-state index is -0.844. The lowest BCUT2D eigenvalue weighted by atomic mass is 10.0. The Morgan fingerprint density at radius 2 is 0.580 bits per heavy atom. The van der Waals surface area contributed by atoms with Gasteiger partial charge in [0.05, 0.1) is 25.4 Å². The third kappa shape index (κ3) is 67.1. The molecule has 0 radical (unpaired) electrons. The van der Waals surface area contributed by atoms with Crippen LogP contribution in [0.1, 0.15) is 406 Å². The standard InChI is InChI=1S/C75H143NO5/c1-3-5-7-9-11-13-15-17-19-21-36-39-43-47-51-55-59-63-67-73(78)72(71-77)76-74(79)68-64-60-56-52-48-44-40-37-34-32-30-28-26-24-22-23-25-27-29-31-33-35-38-42-46-50-54-58-62-66-70-81-75(80)69-65-61-57-53-49-45-41-20-18-16-14-12-10-8-6-4-2/h20,23,25,41,63,67,72-73,77-78H,3-19,21-22,24,26-40,42-62,64-66,68-71H2,1-2H3,(H,76,79)/b25-23-,41-20-,67-63+. The van der Waals surface area contributed by atoms with E-state index in [1.807, 2.05) is 6.08 Å². The molecule has 0 heterocycles. The van der Waals surface area contributed by atoms with Gasteiger partial charge < -0.3 is 20.3 Å². The van der Waals surface area contributed by atoms with Crippen LogP contribution in [0.15, 0.2) is 36.5 Å². The van der Waals surface area contributed by atoms with Gasteiger partial charge in [-0.05, 0) is 83.5 Å². The molecule has 6 nitrogen and oxygen atoms in total. The second-order valence-corrected chi connectivity index (χ2v) is 25.3. The number of hydrogen-bond acceptors (Lipinski definition) is 5. The first kappa shape index (κ1) is 79.1. The molecule has 0 aromatic rings. The van der Waals surface area contributed by atoms with E-state index in [-0.39, 0.29) is 18.5 Å². The van der Waals surface area contributed by atoms with Crippen molar-refractivity contribution < 1.29 is 24.5 Å². The van der Waals surface area contributed by atoms with Gasteiger partial charge in [0.1, 0.15) is 0 Å². The van der Waals surface area contributed by atoms with Crippen molar-refractivity contribution in [3.8, 4) is 0 Å². The molecule has 1 amide bonds. The highest BCUT2D eigenvalue weighted by Crippen LogP contribution is 2.18. The molecule has 478 valence electrons. The Kier molecular flexibility index (Phi) is 68.9. The first-order valence-corrected chi connectivity index (χ1v) is 36.8. The van der Waals surface area contributed by atoms with Gasteiger partial charge in [0, 0.05) is 12.8 Å². The summed E-state index contributed by atoms with van der Waals surface area (Å²) in [6, 6.07) is -0.627. The number of carbonyl (C=O) groups is 2. The van der Waals surface area contributed by atoms with Crippen LogP contribution in [0.25, 0.3) is 0 Å². The molecule has 3 N–H and O–H groups in total. The van der Waals surface area contributed by atoms with Crippen molar-refractivity contribution in [1.29, 1.82) is 0 Å². The van der Waals surface area contributed by atoms with Crippen LogP contribution in [0, 0.1) is 0 Å². The van der Waals surface area contributed by atoms with Crippen molar-refractivity contribution in [2.24, 2.45) is 0 Å². The molecule has 0 saturated carbocycles. The molecule has 0 aliphatic rings. The van der Waals surface area contributed by atoms with Crippen molar-refractivity contribution in [3.05, 3.63) is 36.5 Å². The van der Waals surface area contributed by atoms with Gasteiger partial charge in [-0.2, -0.15) is 0 Å². The predicted molar refractivity (Wildman–Crippen MR) is 356 cm³/mol. The molecule has 6 heteroatoms. The van der Waals surface area contributed by atoms with E-state index in [0.717, 1.165) is 44.9 Å². The maximum atomic E-state index is 12.5. The molecular formula is C75H143NO5. The number of unbranched alkanes of at least 4 members (excludes halogenated alkanes) is 54. The molecule has 0 spiro atoms. The van der Waals surface area contributed by atoms with E-state index >= 15 is 0 Å². The van der Waals surface area contributed by atoms with E-state index < -0.39 is 12.1 Å². The summed E-state index contributed by atoms with van der Waals surface area (Å²) in [5.74, 6) is -0.0534. The first-order valence-electron chi connectivity index (χ1n) is 36.8. The van der Waals surface area contributed by atoms with Crippen LogP contribution >= 0.6 is 0 Å². The molecule has 0 fully saturated rings. The minimum Gasteiger partial charge on any atom is -0.466 e. The SMILES string of the molecule is CCCCCCCCC/C=C\CCCCCCCC(=O)OCCCCCCCCCCCCCC/C=C\CCCCCCCCCCCCCCCCC(=O)NC(CO)C(O)/C=C/CCCCCCCCCCCCCCCCCC. The largest absolute Gasteiger partial charge is 0.466 e. The molecular weight excluding hydrogens is 995 g/mol. The Morgan fingerprint density at radius 3 is 0.877 bits per heavy atom. The van der Waals surface area contributed by atoms with E-state index in [1.165, 1.54) is 334 Å². The smallest absolute Gasteiger partial charge is 0.305 e. The highest BCUT2D eigenvalue weighted by molar-refractivity contribution is 5.76. The number of rotatable bonds is 69. The average Bonchev–Trinajstić information content (AvgIpc) is 3.47. The lowest BCUT2D eigenvalue weighted by molar-refractivity contribution is -0.143.